The van der Waals surface area contributed by atoms with E-state index in [1.54, 1.807) is 0 Å². The summed E-state index contributed by atoms with van der Waals surface area (Å²) in [5.74, 6) is 1.31. The molecule has 5 rings (SSSR count). The molecule has 4 aromatic carbocycles. The minimum absolute atomic E-state index is 0.0416. The molecule has 648 valence electrons. The fourth-order valence-corrected chi connectivity index (χ4v) is 16.0. The van der Waals surface area contributed by atoms with Crippen LogP contribution in [0.3, 0.4) is 0 Å². The second-order valence-corrected chi connectivity index (χ2v) is 57.3. The number of ether oxygens (including phenoxy) is 8. The lowest BCUT2D eigenvalue weighted by molar-refractivity contribution is -0.140. The van der Waals surface area contributed by atoms with Crippen molar-refractivity contribution in [3.05, 3.63) is 164 Å². The number of hydrogen-bond acceptors (Lipinski definition) is 16. The van der Waals surface area contributed by atoms with Crippen LogP contribution in [0, 0.1) is 0 Å². The Morgan fingerprint density at radius 1 is 0.284 bits per heavy atom. The van der Waals surface area contributed by atoms with Gasteiger partial charge in [-0.2, -0.15) is 0 Å². The number of carbonyl (C=O) groups excluding carboxylic acids is 4. The van der Waals surface area contributed by atoms with Crippen molar-refractivity contribution < 1.29 is 74.8 Å². The van der Waals surface area contributed by atoms with E-state index in [4.69, 9.17) is 55.6 Å². The number of hydrogen-bond donors (Lipinski definition) is 0. The summed E-state index contributed by atoms with van der Waals surface area (Å²) in [4.78, 5) is 54.7. The molecular weight excluding hydrogens is 1520 g/mol. The molecule has 1 aliphatic rings. The Morgan fingerprint density at radius 2 is 0.448 bits per heavy atom. The lowest BCUT2D eigenvalue weighted by Gasteiger charge is -2.36. The third-order valence-electron chi connectivity index (χ3n) is 23.9. The minimum Gasteiger partial charge on any atom is -0.493 e. The highest BCUT2D eigenvalue weighted by molar-refractivity contribution is 6.75. The molecule has 0 aromatic heterocycles. The highest BCUT2D eigenvalue weighted by Crippen LogP contribution is 2.45. The molecule has 8 bridgehead atoms. The van der Waals surface area contributed by atoms with Gasteiger partial charge < -0.3 is 55.6 Å². The second kappa shape index (κ2) is 45.9. The highest BCUT2D eigenvalue weighted by Gasteiger charge is 2.41. The molecule has 0 radical (unpaired) electrons. The summed E-state index contributed by atoms with van der Waals surface area (Å²) >= 11 is 0. The first-order valence-electron chi connectivity index (χ1n) is 43.2. The molecule has 20 heteroatoms. The largest absolute Gasteiger partial charge is 0.493 e. The van der Waals surface area contributed by atoms with E-state index in [0.29, 0.717) is 126 Å². The molecule has 0 unspecified atom stereocenters. The lowest BCUT2D eigenvalue weighted by Crippen LogP contribution is -2.41. The molecule has 0 aliphatic heterocycles. The fourth-order valence-electron chi connectivity index (χ4n) is 12.1. The van der Waals surface area contributed by atoms with Crippen molar-refractivity contribution in [1.82, 2.24) is 0 Å². The Labute approximate surface area is 705 Å². The van der Waals surface area contributed by atoms with Crippen molar-refractivity contribution in [3.63, 3.8) is 0 Å². The summed E-state index contributed by atoms with van der Waals surface area (Å²) in [6, 6.07) is 18.2. The van der Waals surface area contributed by atoms with E-state index in [-0.39, 0.29) is 73.0 Å². The Balaban J connectivity index is 1.82. The molecule has 0 atom stereocenters. The number of esters is 4. The van der Waals surface area contributed by atoms with Crippen LogP contribution in [0.1, 0.15) is 255 Å². The maximum absolute atomic E-state index is 13.7. The predicted molar refractivity (Wildman–Crippen MR) is 485 cm³/mol. The van der Waals surface area contributed by atoms with Crippen molar-refractivity contribution in [2.24, 2.45) is 0 Å². The van der Waals surface area contributed by atoms with E-state index in [9.17, 15) is 19.2 Å². The number of rotatable bonds is 48. The molecule has 0 N–H and O–H groups in total. The first-order chi connectivity index (χ1) is 54.2. The lowest BCUT2D eigenvalue weighted by atomic mass is 9.87. The Kier molecular flexibility index (Phi) is 39.6. The number of unbranched alkanes of at least 4 members (excludes halogenated alkanes) is 4. The molecule has 0 heterocycles. The molecule has 0 spiro atoms. The van der Waals surface area contributed by atoms with Gasteiger partial charge in [0.2, 0.25) is 0 Å². The predicted octanol–water partition coefficient (Wildman–Crippen LogP) is 23.3. The SMILES string of the molecule is C=C(CO[Si](C)(C)C(C)(C)C)C(=O)OCCCc1cc2c(OCCCC)c(c1)Cc1cc(CCCOC(=O)C(=C)CO[Si](C)(C)C(C)(C)C)cc(c1OCCCC)Cc1cc(CCCOC(=O)C(=C)CO[Si](C)(C)C(C)(C)C)cc(c1OCCCC)Cc1cc(CCCOC(=O)C(=C)CO[Si](C)(C)C(C)(C)C)cc(c1OCCCC)C2. The van der Waals surface area contributed by atoms with Gasteiger partial charge in [-0.15, -0.1) is 0 Å². The number of aryl methyl sites for hydroxylation is 4. The highest BCUT2D eigenvalue weighted by atomic mass is 28.4. The average Bonchev–Trinajstić information content (AvgIpc) is 0.781. The molecule has 0 saturated heterocycles. The average molecular weight is 1670 g/mol. The quantitative estimate of drug-likeness (QED) is 0.0118. The summed E-state index contributed by atoms with van der Waals surface area (Å²) in [6.07, 6.45) is 13.1. The number of benzene rings is 4. The second-order valence-electron chi connectivity index (χ2n) is 38.1. The standard InChI is InChI=1S/C96H152O16Si4/c1-29-33-45-101-85-77-53-73(41-37-49-105-89(97)69(5)65-109-113(21,22)93(9,10)11)54-78(85)62-80-56-75(43-39-51-107-91(99)71(7)67-111-115(25,26)95(15,16)17)58-82(87(80)103-47-35-31-3)64-84-60-76(44-40-52-108-92(100)72(8)68-112-116(27,28)96(18,19)20)59-83(88(84)104-48-36-32-4)63-81-57-74(55-79(61-77)86(81)102-46-34-30-2)42-38-50-106-90(98)70(6)66-110-114(23,24)94(12,13)14/h53-60H,5-8,29-52,61-68H2,1-4,9-28H3. The van der Waals surface area contributed by atoms with Gasteiger partial charge in [0, 0.05) is 25.7 Å². The molecule has 1 aliphatic carbocycles. The van der Waals surface area contributed by atoms with Crippen LogP contribution in [0.25, 0.3) is 0 Å². The van der Waals surface area contributed by atoms with Crippen LogP contribution in [-0.2, 0) is 107 Å². The first-order valence-corrected chi connectivity index (χ1v) is 54.9. The zero-order valence-electron chi connectivity index (χ0n) is 76.6. The molecule has 0 saturated carbocycles. The molecule has 0 fully saturated rings. The maximum Gasteiger partial charge on any atom is 0.335 e. The van der Waals surface area contributed by atoms with Crippen LogP contribution < -0.4 is 18.9 Å². The Bertz CT molecular complexity index is 3330. The van der Waals surface area contributed by atoms with Crippen LogP contribution in [0.4, 0.5) is 0 Å². The summed E-state index contributed by atoms with van der Waals surface area (Å²) in [6.45, 7) is 71.6. The zero-order chi connectivity index (χ0) is 86.6. The van der Waals surface area contributed by atoms with Gasteiger partial charge in [-0.1, -0.05) is 211 Å². The smallest absolute Gasteiger partial charge is 0.335 e. The van der Waals surface area contributed by atoms with Crippen LogP contribution in [0.15, 0.2) is 97.1 Å². The van der Waals surface area contributed by atoms with Gasteiger partial charge in [0.25, 0.3) is 0 Å². The first kappa shape index (κ1) is 100. The minimum atomic E-state index is -2.17. The van der Waals surface area contributed by atoms with Gasteiger partial charge in [0.05, 0.1) is 102 Å². The van der Waals surface area contributed by atoms with E-state index in [0.717, 1.165) is 141 Å². The van der Waals surface area contributed by atoms with Crippen LogP contribution in [-0.4, -0.2) is 136 Å². The van der Waals surface area contributed by atoms with Gasteiger partial charge in [0.1, 0.15) is 23.0 Å². The summed E-state index contributed by atoms with van der Waals surface area (Å²) < 4.78 is 78.6. The summed E-state index contributed by atoms with van der Waals surface area (Å²) in [5.41, 5.74) is 13.2. The normalized spacial score (nSPS) is 13.0. The van der Waals surface area contributed by atoms with E-state index in [1.165, 1.54) is 0 Å². The van der Waals surface area contributed by atoms with Crippen molar-refractivity contribution in [3.8, 4) is 23.0 Å². The van der Waals surface area contributed by atoms with Gasteiger partial charge in [0.15, 0.2) is 33.3 Å². The number of fused-ring (bicyclic) bond motifs is 8. The molecule has 4 aromatic rings. The zero-order valence-corrected chi connectivity index (χ0v) is 80.6. The monoisotopic (exact) mass is 1670 g/mol. The van der Waals surface area contributed by atoms with Crippen LogP contribution in [0.2, 0.25) is 72.5 Å². The Hall–Kier alpha value is -6.37. The maximum atomic E-state index is 13.7. The molecule has 116 heavy (non-hydrogen) atoms. The molecule has 0 amide bonds. The van der Waals surface area contributed by atoms with E-state index in [2.05, 4.69) is 238 Å². The summed E-state index contributed by atoms with van der Waals surface area (Å²) in [5, 5.41) is -0.166. The van der Waals surface area contributed by atoms with Crippen molar-refractivity contribution in [1.29, 1.82) is 0 Å². The van der Waals surface area contributed by atoms with Crippen molar-refractivity contribution in [2.45, 2.75) is 312 Å². The van der Waals surface area contributed by atoms with Crippen molar-refractivity contribution >= 4 is 57.1 Å². The topological polar surface area (TPSA) is 179 Å². The third-order valence-corrected chi connectivity index (χ3v) is 41.8. The van der Waals surface area contributed by atoms with Gasteiger partial charge in [-0.3, -0.25) is 0 Å². The van der Waals surface area contributed by atoms with Gasteiger partial charge in [-0.05, 0) is 216 Å². The van der Waals surface area contributed by atoms with E-state index < -0.39 is 57.1 Å². The van der Waals surface area contributed by atoms with Crippen LogP contribution >= 0.6 is 0 Å². The summed E-state index contributed by atoms with van der Waals surface area (Å²) in [7, 11) is -8.70. The number of carbonyl (C=O) groups is 4. The Morgan fingerprint density at radius 3 is 0.595 bits per heavy atom. The van der Waals surface area contributed by atoms with Gasteiger partial charge >= 0.3 is 23.9 Å². The fraction of sp³-hybridized carbons (Fsp3) is 0.625. The third kappa shape index (κ3) is 31.3. The van der Waals surface area contributed by atoms with Crippen molar-refractivity contribution in [2.75, 3.05) is 79.3 Å². The molecule has 16 nitrogen and oxygen atoms in total. The van der Waals surface area contributed by atoms with Gasteiger partial charge in [-0.25, -0.2) is 19.2 Å². The van der Waals surface area contributed by atoms with E-state index >= 15 is 0 Å². The van der Waals surface area contributed by atoms with Crippen LogP contribution in [0.5, 0.6) is 23.0 Å². The van der Waals surface area contributed by atoms with E-state index in [1.807, 2.05) is 0 Å². The molecular formula is C96H152O16Si4.